The Labute approximate surface area is 102 Å². The average molecular weight is 302 g/mol. The molecular formula is C12H15IO. The molecule has 1 aliphatic carbocycles. The zero-order valence-corrected chi connectivity index (χ0v) is 10.6. The lowest BCUT2D eigenvalue weighted by molar-refractivity contribution is 0.0916. The first kappa shape index (κ1) is 11.7. The van der Waals surface area contributed by atoms with Crippen LogP contribution in [0.1, 0.15) is 30.1 Å². The van der Waals surface area contributed by atoms with Crippen molar-refractivity contribution in [1.29, 1.82) is 0 Å². The summed E-state index contributed by atoms with van der Waals surface area (Å²) in [6.45, 7) is 2.05. The van der Waals surface area contributed by atoms with E-state index in [2.05, 4.69) is 0 Å². The molecule has 14 heavy (non-hydrogen) atoms. The van der Waals surface area contributed by atoms with Crippen LogP contribution in [0, 0.1) is 11.8 Å². The number of carbonyl (C=O) groups excluding carboxylic acids is 1. The van der Waals surface area contributed by atoms with Crippen LogP contribution in [0.4, 0.5) is 0 Å². The first-order valence-corrected chi connectivity index (χ1v) is 4.88. The van der Waals surface area contributed by atoms with Crippen LogP contribution in [-0.2, 0) is 0 Å². The molecule has 0 aromatic heterocycles. The molecule has 0 spiro atoms. The van der Waals surface area contributed by atoms with Crippen molar-refractivity contribution in [2.24, 2.45) is 11.8 Å². The molecule has 0 heterocycles. The number of Topliss-reactive ketones (excluding diaryl/α,β-unsaturated/α-hetero) is 1. The Balaban J connectivity index is 0.000000980. The van der Waals surface area contributed by atoms with Crippen molar-refractivity contribution in [3.8, 4) is 0 Å². The van der Waals surface area contributed by atoms with Crippen LogP contribution < -0.4 is 0 Å². The van der Waals surface area contributed by atoms with Gasteiger partial charge in [-0.15, -0.1) is 24.0 Å². The van der Waals surface area contributed by atoms with Crippen molar-refractivity contribution in [2.75, 3.05) is 0 Å². The fourth-order valence-corrected chi connectivity index (χ4v) is 1.68. The third kappa shape index (κ3) is 2.56. The van der Waals surface area contributed by atoms with E-state index in [9.17, 15) is 4.79 Å². The van der Waals surface area contributed by atoms with E-state index in [0.29, 0.717) is 11.7 Å². The monoisotopic (exact) mass is 302 g/mol. The molecule has 0 saturated heterocycles. The minimum Gasteiger partial charge on any atom is -0.294 e. The van der Waals surface area contributed by atoms with Gasteiger partial charge in [0.2, 0.25) is 0 Å². The maximum atomic E-state index is 11.8. The molecule has 0 N–H and O–H groups in total. The molecule has 76 valence electrons. The van der Waals surface area contributed by atoms with Gasteiger partial charge in [-0.2, -0.15) is 0 Å². The number of carbonyl (C=O) groups is 1. The molecule has 2 heteroatoms. The fourth-order valence-electron chi connectivity index (χ4n) is 1.68. The van der Waals surface area contributed by atoms with Crippen LogP contribution >= 0.6 is 24.0 Å². The van der Waals surface area contributed by atoms with E-state index in [1.165, 1.54) is 12.8 Å². The highest BCUT2D eigenvalue weighted by Crippen LogP contribution is 2.37. The molecule has 2 rings (SSSR count). The highest BCUT2D eigenvalue weighted by molar-refractivity contribution is 14.0. The third-order valence-electron chi connectivity index (χ3n) is 2.80. The second-order valence-corrected chi connectivity index (χ2v) is 3.86. The molecule has 1 fully saturated rings. The van der Waals surface area contributed by atoms with Crippen LogP contribution in [0.5, 0.6) is 0 Å². The zero-order valence-electron chi connectivity index (χ0n) is 8.27. The van der Waals surface area contributed by atoms with Gasteiger partial charge in [-0.05, 0) is 18.8 Å². The van der Waals surface area contributed by atoms with Gasteiger partial charge >= 0.3 is 0 Å². The van der Waals surface area contributed by atoms with Crippen LogP contribution in [0.25, 0.3) is 0 Å². The van der Waals surface area contributed by atoms with Gasteiger partial charge in [0, 0.05) is 11.5 Å². The van der Waals surface area contributed by atoms with Crippen molar-refractivity contribution < 1.29 is 4.79 Å². The number of rotatable bonds is 3. The maximum absolute atomic E-state index is 11.8. The predicted molar refractivity (Wildman–Crippen MR) is 68.1 cm³/mol. The van der Waals surface area contributed by atoms with Crippen LogP contribution in [0.2, 0.25) is 0 Å². The molecule has 0 radical (unpaired) electrons. The number of ketones is 1. The van der Waals surface area contributed by atoms with Gasteiger partial charge in [-0.25, -0.2) is 0 Å². The van der Waals surface area contributed by atoms with E-state index < -0.39 is 0 Å². The Morgan fingerprint density at radius 3 is 2.36 bits per heavy atom. The molecule has 1 saturated carbocycles. The van der Waals surface area contributed by atoms with Crippen LogP contribution in [-0.4, -0.2) is 5.78 Å². The van der Waals surface area contributed by atoms with E-state index in [4.69, 9.17) is 0 Å². The Bertz CT molecular complexity index is 303. The van der Waals surface area contributed by atoms with Gasteiger partial charge in [0.1, 0.15) is 0 Å². The Hall–Kier alpha value is -0.380. The Kier molecular flexibility index (Phi) is 4.11. The van der Waals surface area contributed by atoms with Crippen molar-refractivity contribution >= 4 is 29.8 Å². The smallest absolute Gasteiger partial charge is 0.165 e. The minimum atomic E-state index is 0. The summed E-state index contributed by atoms with van der Waals surface area (Å²) in [5, 5.41) is 0. The molecule has 1 aromatic carbocycles. The first-order valence-electron chi connectivity index (χ1n) is 4.88. The van der Waals surface area contributed by atoms with Crippen molar-refractivity contribution in [3.05, 3.63) is 35.9 Å². The lowest BCUT2D eigenvalue weighted by atomic mass is 9.95. The molecular weight excluding hydrogens is 287 g/mol. The quantitative estimate of drug-likeness (QED) is 0.616. The summed E-state index contributed by atoms with van der Waals surface area (Å²) in [6, 6.07) is 9.60. The summed E-state index contributed by atoms with van der Waals surface area (Å²) < 4.78 is 0. The Morgan fingerprint density at radius 2 is 1.86 bits per heavy atom. The average Bonchev–Trinajstić information content (AvgIpc) is 3.00. The largest absolute Gasteiger partial charge is 0.294 e. The second-order valence-electron chi connectivity index (χ2n) is 3.86. The van der Waals surface area contributed by atoms with Crippen LogP contribution in [0.3, 0.4) is 0 Å². The molecule has 0 amide bonds. The van der Waals surface area contributed by atoms with E-state index in [1.54, 1.807) is 0 Å². The summed E-state index contributed by atoms with van der Waals surface area (Å²) >= 11 is 0. The third-order valence-corrected chi connectivity index (χ3v) is 2.80. The molecule has 1 nitrogen and oxygen atoms in total. The first-order chi connectivity index (χ1) is 6.29. The number of halogens is 1. The molecule has 1 aromatic rings. The number of hydrogen-bond donors (Lipinski definition) is 0. The SMILES string of the molecule is CC(C(=O)c1ccccc1)C1CC1.I. The van der Waals surface area contributed by atoms with Gasteiger partial charge in [0.15, 0.2) is 5.78 Å². The minimum absolute atomic E-state index is 0. The van der Waals surface area contributed by atoms with Gasteiger partial charge < -0.3 is 0 Å². The van der Waals surface area contributed by atoms with E-state index >= 15 is 0 Å². The van der Waals surface area contributed by atoms with Gasteiger partial charge in [0.25, 0.3) is 0 Å². The molecule has 1 unspecified atom stereocenters. The summed E-state index contributed by atoms with van der Waals surface area (Å²) in [4.78, 5) is 11.8. The summed E-state index contributed by atoms with van der Waals surface area (Å²) in [7, 11) is 0. The van der Waals surface area contributed by atoms with Crippen LogP contribution in [0.15, 0.2) is 30.3 Å². The highest BCUT2D eigenvalue weighted by atomic mass is 127. The highest BCUT2D eigenvalue weighted by Gasteiger charge is 2.32. The summed E-state index contributed by atoms with van der Waals surface area (Å²) in [5.74, 6) is 1.19. The van der Waals surface area contributed by atoms with Crippen molar-refractivity contribution in [3.63, 3.8) is 0 Å². The summed E-state index contributed by atoms with van der Waals surface area (Å²) in [6.07, 6.45) is 2.47. The van der Waals surface area contributed by atoms with E-state index in [1.807, 2.05) is 37.3 Å². The predicted octanol–water partition coefficient (Wildman–Crippen LogP) is 3.53. The Morgan fingerprint density at radius 1 is 1.29 bits per heavy atom. The van der Waals surface area contributed by atoms with Gasteiger partial charge in [-0.3, -0.25) is 4.79 Å². The maximum Gasteiger partial charge on any atom is 0.165 e. The van der Waals surface area contributed by atoms with Crippen molar-refractivity contribution in [1.82, 2.24) is 0 Å². The summed E-state index contributed by atoms with van der Waals surface area (Å²) in [5.41, 5.74) is 0.863. The van der Waals surface area contributed by atoms with Gasteiger partial charge in [-0.1, -0.05) is 37.3 Å². The second kappa shape index (κ2) is 4.91. The van der Waals surface area contributed by atoms with E-state index in [0.717, 1.165) is 5.56 Å². The standard InChI is InChI=1S/C12H14O.HI/c1-9(10-7-8-10)12(13)11-5-3-2-4-6-11;/h2-6,9-10H,7-8H2,1H3;1H. The zero-order chi connectivity index (χ0) is 9.26. The van der Waals surface area contributed by atoms with Gasteiger partial charge in [0.05, 0.1) is 0 Å². The molecule has 0 aliphatic heterocycles. The fraction of sp³-hybridized carbons (Fsp3) is 0.417. The number of benzene rings is 1. The molecule has 1 aliphatic rings. The molecule has 1 atom stereocenters. The normalized spacial score (nSPS) is 16.9. The van der Waals surface area contributed by atoms with Crippen molar-refractivity contribution in [2.45, 2.75) is 19.8 Å². The lowest BCUT2D eigenvalue weighted by Crippen LogP contribution is -2.12. The van der Waals surface area contributed by atoms with E-state index in [-0.39, 0.29) is 29.9 Å². The number of hydrogen-bond acceptors (Lipinski definition) is 1. The molecule has 0 bridgehead atoms. The topological polar surface area (TPSA) is 17.1 Å². The lowest BCUT2D eigenvalue weighted by Gasteiger charge is -2.07.